The lowest BCUT2D eigenvalue weighted by atomic mass is 10.2. The van der Waals surface area contributed by atoms with Gasteiger partial charge in [-0.1, -0.05) is 6.07 Å². The molecule has 10 heteroatoms. The van der Waals surface area contributed by atoms with E-state index in [4.69, 9.17) is 4.74 Å². The van der Waals surface area contributed by atoms with Crippen molar-refractivity contribution in [3.8, 4) is 11.4 Å². The summed E-state index contributed by atoms with van der Waals surface area (Å²) in [4.78, 5) is 20.8. The standard InChI is InChI=1S/C18H12F4N4O2/c1-25-8-23-13-14(25)9-6-7-12(18(20,21)22)24-16(9)26(17(13)27)11-5-3-4-10(19)15(11)28-2/h3-8H,1-2H3. The van der Waals surface area contributed by atoms with Gasteiger partial charge in [0.05, 0.1) is 24.6 Å². The number of pyridine rings is 2. The van der Waals surface area contributed by atoms with Crippen LogP contribution in [0.3, 0.4) is 0 Å². The lowest BCUT2D eigenvalue weighted by Gasteiger charge is -2.16. The molecule has 0 bridgehead atoms. The first-order valence-electron chi connectivity index (χ1n) is 8.01. The zero-order valence-electron chi connectivity index (χ0n) is 14.6. The number of ether oxygens (including phenoxy) is 1. The van der Waals surface area contributed by atoms with Gasteiger partial charge in [0.1, 0.15) is 11.3 Å². The Bertz CT molecular complexity index is 1290. The second kappa shape index (κ2) is 6.04. The van der Waals surface area contributed by atoms with E-state index in [-0.39, 0.29) is 28.0 Å². The van der Waals surface area contributed by atoms with E-state index in [1.54, 1.807) is 7.05 Å². The molecule has 0 radical (unpaired) electrons. The highest BCUT2D eigenvalue weighted by Crippen LogP contribution is 2.33. The van der Waals surface area contributed by atoms with Gasteiger partial charge in [-0.05, 0) is 24.3 Å². The number of aryl methyl sites for hydroxylation is 1. The molecular weight excluding hydrogens is 380 g/mol. The maximum absolute atomic E-state index is 14.2. The number of hydrogen-bond donors (Lipinski definition) is 0. The lowest BCUT2D eigenvalue weighted by Crippen LogP contribution is -2.22. The average Bonchev–Trinajstić information content (AvgIpc) is 3.03. The predicted molar refractivity (Wildman–Crippen MR) is 93.1 cm³/mol. The van der Waals surface area contributed by atoms with Gasteiger partial charge in [0, 0.05) is 12.4 Å². The summed E-state index contributed by atoms with van der Waals surface area (Å²) >= 11 is 0. The van der Waals surface area contributed by atoms with Crippen LogP contribution in [0, 0.1) is 5.82 Å². The van der Waals surface area contributed by atoms with E-state index >= 15 is 0 Å². The molecule has 0 atom stereocenters. The molecule has 0 spiro atoms. The van der Waals surface area contributed by atoms with E-state index in [1.165, 1.54) is 36.2 Å². The molecule has 4 rings (SSSR count). The number of para-hydroxylation sites is 1. The molecule has 6 nitrogen and oxygen atoms in total. The summed E-state index contributed by atoms with van der Waals surface area (Å²) in [6.07, 6.45) is -3.35. The van der Waals surface area contributed by atoms with E-state index in [0.29, 0.717) is 5.52 Å². The third-order valence-electron chi connectivity index (χ3n) is 4.37. The maximum atomic E-state index is 14.2. The SMILES string of the molecule is COc1c(F)cccc1-n1c(=O)c2ncn(C)c2c2ccc(C(F)(F)F)nc21. The van der Waals surface area contributed by atoms with E-state index in [1.807, 2.05) is 0 Å². The number of halogens is 4. The maximum Gasteiger partial charge on any atom is 0.433 e. The Morgan fingerprint density at radius 2 is 1.89 bits per heavy atom. The van der Waals surface area contributed by atoms with E-state index in [2.05, 4.69) is 9.97 Å². The summed E-state index contributed by atoms with van der Waals surface area (Å²) < 4.78 is 61.4. The van der Waals surface area contributed by atoms with Gasteiger partial charge in [0.2, 0.25) is 0 Å². The fourth-order valence-electron chi connectivity index (χ4n) is 3.17. The van der Waals surface area contributed by atoms with Crippen molar-refractivity contribution in [2.45, 2.75) is 6.18 Å². The monoisotopic (exact) mass is 392 g/mol. The molecular formula is C18H12F4N4O2. The van der Waals surface area contributed by atoms with Crippen molar-refractivity contribution in [2.24, 2.45) is 7.05 Å². The predicted octanol–water partition coefficient (Wildman–Crippen LogP) is 3.44. The van der Waals surface area contributed by atoms with Crippen LogP contribution >= 0.6 is 0 Å². The van der Waals surface area contributed by atoms with Gasteiger partial charge in [0.15, 0.2) is 17.1 Å². The van der Waals surface area contributed by atoms with Crippen molar-refractivity contribution >= 4 is 22.1 Å². The number of aromatic nitrogens is 4. The molecule has 144 valence electrons. The molecule has 0 aliphatic heterocycles. The van der Waals surface area contributed by atoms with Gasteiger partial charge in [-0.25, -0.2) is 14.4 Å². The van der Waals surface area contributed by atoms with Crippen LogP contribution < -0.4 is 10.3 Å². The first kappa shape index (κ1) is 18.0. The molecule has 0 saturated heterocycles. The third-order valence-corrected chi connectivity index (χ3v) is 4.37. The highest BCUT2D eigenvalue weighted by molar-refractivity contribution is 6.01. The quantitative estimate of drug-likeness (QED) is 0.491. The van der Waals surface area contributed by atoms with Gasteiger partial charge < -0.3 is 9.30 Å². The van der Waals surface area contributed by atoms with Gasteiger partial charge in [0.25, 0.3) is 5.56 Å². The molecule has 4 aromatic rings. The number of imidazole rings is 1. The van der Waals surface area contributed by atoms with E-state index < -0.39 is 23.2 Å². The molecule has 0 aliphatic rings. The summed E-state index contributed by atoms with van der Waals surface area (Å²) in [7, 11) is 2.81. The van der Waals surface area contributed by atoms with Crippen LogP contribution in [-0.2, 0) is 13.2 Å². The number of fused-ring (bicyclic) bond motifs is 3. The van der Waals surface area contributed by atoms with Crippen molar-refractivity contribution in [3.05, 3.63) is 58.5 Å². The van der Waals surface area contributed by atoms with Gasteiger partial charge in [-0.2, -0.15) is 13.2 Å². The van der Waals surface area contributed by atoms with Gasteiger partial charge in [-0.3, -0.25) is 9.36 Å². The zero-order chi connectivity index (χ0) is 20.2. The Morgan fingerprint density at radius 3 is 2.57 bits per heavy atom. The molecule has 0 saturated carbocycles. The van der Waals surface area contributed by atoms with Gasteiger partial charge >= 0.3 is 6.18 Å². The van der Waals surface area contributed by atoms with Gasteiger partial charge in [-0.15, -0.1) is 0 Å². The smallest absolute Gasteiger partial charge is 0.433 e. The first-order valence-corrected chi connectivity index (χ1v) is 8.01. The number of alkyl halides is 3. The van der Waals surface area contributed by atoms with Crippen LogP contribution in [0.25, 0.3) is 27.8 Å². The number of hydrogen-bond acceptors (Lipinski definition) is 4. The Morgan fingerprint density at radius 1 is 1.14 bits per heavy atom. The van der Waals surface area contributed by atoms with Crippen molar-refractivity contribution in [3.63, 3.8) is 0 Å². The van der Waals surface area contributed by atoms with Crippen LogP contribution in [0.4, 0.5) is 17.6 Å². The normalized spacial score (nSPS) is 12.1. The molecule has 0 fully saturated rings. The zero-order valence-corrected chi connectivity index (χ0v) is 14.6. The Hall–Kier alpha value is -3.43. The molecule has 0 N–H and O–H groups in total. The largest absolute Gasteiger partial charge is 0.492 e. The number of nitrogens with zero attached hydrogens (tertiary/aromatic N) is 4. The second-order valence-electron chi connectivity index (χ2n) is 6.05. The van der Waals surface area contributed by atoms with Crippen molar-refractivity contribution in [2.75, 3.05) is 7.11 Å². The van der Waals surface area contributed by atoms with Crippen LogP contribution in [0.5, 0.6) is 5.75 Å². The average molecular weight is 392 g/mol. The Labute approximate surface area is 154 Å². The van der Waals surface area contributed by atoms with Crippen LogP contribution in [0.1, 0.15) is 5.69 Å². The molecule has 3 heterocycles. The van der Waals surface area contributed by atoms with E-state index in [0.717, 1.165) is 16.7 Å². The molecule has 0 aliphatic carbocycles. The molecule has 3 aromatic heterocycles. The Kier molecular flexibility index (Phi) is 3.88. The summed E-state index contributed by atoms with van der Waals surface area (Å²) in [5, 5.41) is 0.258. The van der Waals surface area contributed by atoms with Crippen molar-refractivity contribution in [1.82, 2.24) is 19.1 Å². The number of methoxy groups -OCH3 is 1. The fourth-order valence-corrected chi connectivity index (χ4v) is 3.17. The third kappa shape index (κ3) is 2.52. The summed E-state index contributed by atoms with van der Waals surface area (Å²) in [6, 6.07) is 5.84. The van der Waals surface area contributed by atoms with E-state index in [9.17, 15) is 22.4 Å². The van der Waals surface area contributed by atoms with Crippen molar-refractivity contribution in [1.29, 1.82) is 0 Å². The minimum Gasteiger partial charge on any atom is -0.492 e. The minimum atomic E-state index is -4.72. The molecule has 0 unspecified atom stereocenters. The van der Waals surface area contributed by atoms with Crippen molar-refractivity contribution < 1.29 is 22.3 Å². The number of benzene rings is 1. The highest BCUT2D eigenvalue weighted by atomic mass is 19.4. The Balaban J connectivity index is 2.25. The summed E-state index contributed by atoms with van der Waals surface area (Å²) in [6.45, 7) is 0. The highest BCUT2D eigenvalue weighted by Gasteiger charge is 2.33. The molecule has 1 aromatic carbocycles. The van der Waals surface area contributed by atoms with Crippen LogP contribution in [0.15, 0.2) is 41.5 Å². The minimum absolute atomic E-state index is 0.0165. The number of rotatable bonds is 2. The summed E-state index contributed by atoms with van der Waals surface area (Å²) in [5.41, 5.74) is -1.92. The lowest BCUT2D eigenvalue weighted by molar-refractivity contribution is -0.141. The topological polar surface area (TPSA) is 61.9 Å². The fraction of sp³-hybridized carbons (Fsp3) is 0.167. The summed E-state index contributed by atoms with van der Waals surface area (Å²) in [5.74, 6) is -1.06. The van der Waals surface area contributed by atoms with Crippen LogP contribution in [0.2, 0.25) is 0 Å². The second-order valence-corrected chi connectivity index (χ2v) is 6.05. The first-order chi connectivity index (χ1) is 13.2. The van der Waals surface area contributed by atoms with Crippen LogP contribution in [-0.4, -0.2) is 26.2 Å². The molecule has 28 heavy (non-hydrogen) atoms. The molecule has 0 amide bonds.